The van der Waals surface area contributed by atoms with Gasteiger partial charge >= 0.3 is 5.97 Å². The maximum atomic E-state index is 11.9. The predicted octanol–water partition coefficient (Wildman–Crippen LogP) is 2.70. The van der Waals surface area contributed by atoms with Gasteiger partial charge in [0.05, 0.1) is 5.92 Å². The van der Waals surface area contributed by atoms with Crippen molar-refractivity contribution in [3.05, 3.63) is 0 Å². The lowest BCUT2D eigenvalue weighted by Crippen LogP contribution is -2.43. The molecule has 20 heavy (non-hydrogen) atoms. The first-order valence-electron chi connectivity index (χ1n) is 7.78. The molecule has 0 aromatic carbocycles. The van der Waals surface area contributed by atoms with Gasteiger partial charge in [0.15, 0.2) is 0 Å². The van der Waals surface area contributed by atoms with Crippen LogP contribution in [0.5, 0.6) is 0 Å². The number of nitrogens with zero attached hydrogens (tertiary/aromatic N) is 1. The number of esters is 1. The highest BCUT2D eigenvalue weighted by molar-refractivity contribution is 5.73. The molecule has 2 fully saturated rings. The molecule has 2 rings (SSSR count). The van der Waals surface area contributed by atoms with E-state index in [1.165, 1.54) is 0 Å². The van der Waals surface area contributed by atoms with Crippen molar-refractivity contribution in [2.24, 2.45) is 17.8 Å². The SMILES string of the molecule is C#CC1CCN(CC2CC(C(=O)OC(C)(C)C)C2)CC1. The van der Waals surface area contributed by atoms with Crippen molar-refractivity contribution < 1.29 is 9.53 Å². The molecular weight excluding hydrogens is 250 g/mol. The number of piperidine rings is 1. The smallest absolute Gasteiger partial charge is 0.309 e. The van der Waals surface area contributed by atoms with Gasteiger partial charge in [0, 0.05) is 12.5 Å². The van der Waals surface area contributed by atoms with Crippen LogP contribution < -0.4 is 0 Å². The van der Waals surface area contributed by atoms with Gasteiger partial charge in [-0.05, 0) is 65.5 Å². The summed E-state index contributed by atoms with van der Waals surface area (Å²) in [6.45, 7) is 9.13. The Labute approximate surface area is 123 Å². The molecule has 1 heterocycles. The largest absolute Gasteiger partial charge is 0.460 e. The quantitative estimate of drug-likeness (QED) is 0.587. The van der Waals surface area contributed by atoms with E-state index in [1.54, 1.807) is 0 Å². The first-order valence-corrected chi connectivity index (χ1v) is 7.78. The Morgan fingerprint density at radius 2 is 1.90 bits per heavy atom. The highest BCUT2D eigenvalue weighted by Gasteiger charge is 2.38. The molecule has 0 aromatic heterocycles. The zero-order chi connectivity index (χ0) is 14.8. The van der Waals surface area contributed by atoms with Crippen LogP contribution in [0.4, 0.5) is 0 Å². The molecule has 3 heteroatoms. The molecule has 0 aromatic rings. The Bertz CT molecular complexity index is 377. The third-order valence-electron chi connectivity index (χ3n) is 4.32. The van der Waals surface area contributed by atoms with Crippen molar-refractivity contribution in [2.75, 3.05) is 19.6 Å². The fraction of sp³-hybridized carbons (Fsp3) is 0.824. The maximum absolute atomic E-state index is 11.9. The molecular formula is C17H27NO2. The number of hydrogen-bond acceptors (Lipinski definition) is 3. The van der Waals surface area contributed by atoms with E-state index < -0.39 is 0 Å². The van der Waals surface area contributed by atoms with Crippen LogP contribution in [0.1, 0.15) is 46.5 Å². The summed E-state index contributed by atoms with van der Waals surface area (Å²) in [5, 5.41) is 0. The summed E-state index contributed by atoms with van der Waals surface area (Å²) < 4.78 is 5.43. The number of terminal acetylenes is 1. The molecule has 0 amide bonds. The molecule has 3 nitrogen and oxygen atoms in total. The van der Waals surface area contributed by atoms with Crippen LogP contribution in [0, 0.1) is 30.1 Å². The lowest BCUT2D eigenvalue weighted by atomic mass is 9.74. The molecule has 112 valence electrons. The molecule has 1 saturated heterocycles. The van der Waals surface area contributed by atoms with Crippen LogP contribution in [-0.4, -0.2) is 36.1 Å². The van der Waals surface area contributed by atoms with Gasteiger partial charge in [-0.3, -0.25) is 4.79 Å². The van der Waals surface area contributed by atoms with Gasteiger partial charge in [-0.15, -0.1) is 12.3 Å². The molecule has 1 aliphatic heterocycles. The third-order valence-corrected chi connectivity index (χ3v) is 4.32. The normalized spacial score (nSPS) is 28.5. The van der Waals surface area contributed by atoms with E-state index in [2.05, 4.69) is 10.8 Å². The van der Waals surface area contributed by atoms with Crippen LogP contribution in [0.15, 0.2) is 0 Å². The summed E-state index contributed by atoms with van der Waals surface area (Å²) in [6.07, 6.45) is 9.70. The van der Waals surface area contributed by atoms with Gasteiger partial charge in [0.2, 0.25) is 0 Å². The van der Waals surface area contributed by atoms with Crippen LogP contribution in [0.25, 0.3) is 0 Å². The van der Waals surface area contributed by atoms with E-state index in [9.17, 15) is 4.79 Å². The summed E-state index contributed by atoms with van der Waals surface area (Å²) in [4.78, 5) is 14.4. The van der Waals surface area contributed by atoms with E-state index in [4.69, 9.17) is 11.2 Å². The summed E-state index contributed by atoms with van der Waals surface area (Å²) in [5.74, 6) is 4.11. The van der Waals surface area contributed by atoms with Gasteiger partial charge in [-0.2, -0.15) is 0 Å². The second-order valence-corrected chi connectivity index (χ2v) is 7.31. The van der Waals surface area contributed by atoms with Gasteiger partial charge in [-0.25, -0.2) is 0 Å². The Morgan fingerprint density at radius 1 is 1.30 bits per heavy atom. The van der Waals surface area contributed by atoms with E-state index >= 15 is 0 Å². The van der Waals surface area contributed by atoms with E-state index in [0.717, 1.165) is 45.3 Å². The standard InChI is InChI=1S/C17H27NO2/c1-5-13-6-8-18(9-7-13)12-14-10-15(11-14)16(19)20-17(2,3)4/h1,13-15H,6-12H2,2-4H3. The number of likely N-dealkylation sites (tertiary alicyclic amines) is 1. The Balaban J connectivity index is 1.65. The molecule has 0 N–H and O–H groups in total. The van der Waals surface area contributed by atoms with Gasteiger partial charge in [0.1, 0.15) is 5.60 Å². The number of ether oxygens (including phenoxy) is 1. The fourth-order valence-corrected chi connectivity index (χ4v) is 3.11. The molecule has 0 radical (unpaired) electrons. The average Bonchev–Trinajstić information content (AvgIpc) is 2.31. The van der Waals surface area contributed by atoms with Gasteiger partial charge < -0.3 is 9.64 Å². The maximum Gasteiger partial charge on any atom is 0.309 e. The highest BCUT2D eigenvalue weighted by atomic mass is 16.6. The lowest BCUT2D eigenvalue weighted by molar-refractivity contribution is -0.165. The zero-order valence-electron chi connectivity index (χ0n) is 13.0. The van der Waals surface area contributed by atoms with Crippen molar-refractivity contribution in [3.8, 4) is 12.3 Å². The van der Waals surface area contributed by atoms with Gasteiger partial charge in [-0.1, -0.05) is 0 Å². The number of rotatable bonds is 3. The minimum absolute atomic E-state index is 0.0141. The van der Waals surface area contributed by atoms with Crippen molar-refractivity contribution in [1.29, 1.82) is 0 Å². The first kappa shape index (κ1) is 15.4. The number of carbonyl (C=O) groups excluding carboxylic acids is 1. The monoisotopic (exact) mass is 277 g/mol. The number of carbonyl (C=O) groups is 1. The summed E-state index contributed by atoms with van der Waals surface area (Å²) >= 11 is 0. The van der Waals surface area contributed by atoms with Crippen LogP contribution in [-0.2, 0) is 9.53 Å². The summed E-state index contributed by atoms with van der Waals surface area (Å²) in [6, 6.07) is 0. The molecule has 0 atom stereocenters. The third kappa shape index (κ3) is 4.24. The first-order chi connectivity index (χ1) is 9.37. The summed E-state index contributed by atoms with van der Waals surface area (Å²) in [5.41, 5.74) is -0.362. The molecule has 0 bridgehead atoms. The van der Waals surface area contributed by atoms with Crippen LogP contribution in [0.3, 0.4) is 0 Å². The van der Waals surface area contributed by atoms with Crippen molar-refractivity contribution >= 4 is 5.97 Å². The second-order valence-electron chi connectivity index (χ2n) is 7.31. The van der Waals surface area contributed by atoms with E-state index in [0.29, 0.717) is 11.8 Å². The average molecular weight is 277 g/mol. The lowest BCUT2D eigenvalue weighted by Gasteiger charge is -2.40. The van der Waals surface area contributed by atoms with E-state index in [-0.39, 0.29) is 17.5 Å². The minimum atomic E-state index is -0.362. The topological polar surface area (TPSA) is 29.5 Å². The Kier molecular flexibility index (Phi) is 4.75. The summed E-state index contributed by atoms with van der Waals surface area (Å²) in [7, 11) is 0. The molecule has 2 aliphatic rings. The Morgan fingerprint density at radius 3 is 2.40 bits per heavy atom. The predicted molar refractivity (Wildman–Crippen MR) is 80.1 cm³/mol. The van der Waals surface area contributed by atoms with Crippen molar-refractivity contribution in [3.63, 3.8) is 0 Å². The van der Waals surface area contributed by atoms with E-state index in [1.807, 2.05) is 20.8 Å². The Hall–Kier alpha value is -1.01. The molecule has 1 aliphatic carbocycles. The van der Waals surface area contributed by atoms with Crippen LogP contribution in [0.2, 0.25) is 0 Å². The van der Waals surface area contributed by atoms with Crippen LogP contribution >= 0.6 is 0 Å². The molecule has 0 spiro atoms. The van der Waals surface area contributed by atoms with Gasteiger partial charge in [0.25, 0.3) is 0 Å². The number of hydrogen-bond donors (Lipinski definition) is 0. The van der Waals surface area contributed by atoms with Crippen molar-refractivity contribution in [2.45, 2.75) is 52.1 Å². The molecule has 0 unspecified atom stereocenters. The highest BCUT2D eigenvalue weighted by Crippen LogP contribution is 2.36. The molecule has 1 saturated carbocycles. The minimum Gasteiger partial charge on any atom is -0.460 e. The fourth-order valence-electron chi connectivity index (χ4n) is 3.11. The zero-order valence-corrected chi connectivity index (χ0v) is 13.0. The van der Waals surface area contributed by atoms with Crippen molar-refractivity contribution in [1.82, 2.24) is 4.90 Å². The second kappa shape index (κ2) is 6.18.